The molecule has 2 aromatic heterocycles. The Hall–Kier alpha value is -3.65. The first-order valence-electron chi connectivity index (χ1n) is 10.3. The van der Waals surface area contributed by atoms with Gasteiger partial charge in [0.05, 0.1) is 12.2 Å². The summed E-state index contributed by atoms with van der Waals surface area (Å²) in [6.07, 6.45) is 1.25. The molecule has 0 radical (unpaired) electrons. The fourth-order valence-electron chi connectivity index (χ4n) is 4.48. The summed E-state index contributed by atoms with van der Waals surface area (Å²) in [5.74, 6) is -0.666. The fourth-order valence-corrected chi connectivity index (χ4v) is 4.48. The first-order valence-corrected chi connectivity index (χ1v) is 10.3. The van der Waals surface area contributed by atoms with E-state index in [1.807, 2.05) is 29.6 Å². The van der Waals surface area contributed by atoms with Gasteiger partial charge in [-0.05, 0) is 35.7 Å². The van der Waals surface area contributed by atoms with Crippen molar-refractivity contribution >= 4 is 10.9 Å². The number of aromatic nitrogens is 3. The number of aromatic amines is 2. The molecule has 5 rings (SSSR count). The molecule has 0 spiro atoms. The zero-order valence-electron chi connectivity index (χ0n) is 16.7. The average Bonchev–Trinajstić information content (AvgIpc) is 3.14. The van der Waals surface area contributed by atoms with Crippen LogP contribution in [0.5, 0.6) is 5.88 Å². The first kappa shape index (κ1) is 19.3. The molecule has 0 saturated heterocycles. The second-order valence-corrected chi connectivity index (χ2v) is 7.84. The predicted octanol–water partition coefficient (Wildman–Crippen LogP) is 1.31. The fraction of sp³-hybridized carbons (Fsp3) is 0.217. The Morgan fingerprint density at radius 3 is 2.68 bits per heavy atom. The SMILES string of the molecule is O=c1[nH]c(=O)n(CCc2ccc(F)cc2)c(O)c1[C@@H]1[NH2+]CCc2c1[nH]c1ccccc21. The third-order valence-electron chi connectivity index (χ3n) is 6.01. The monoisotopic (exact) mass is 421 g/mol. The zero-order chi connectivity index (χ0) is 21.5. The Bertz CT molecular complexity index is 1380. The van der Waals surface area contributed by atoms with E-state index >= 15 is 0 Å². The zero-order valence-corrected chi connectivity index (χ0v) is 16.7. The summed E-state index contributed by atoms with van der Waals surface area (Å²) in [4.78, 5) is 30.9. The van der Waals surface area contributed by atoms with E-state index in [0.29, 0.717) is 6.42 Å². The van der Waals surface area contributed by atoms with E-state index in [1.54, 1.807) is 12.1 Å². The largest absolute Gasteiger partial charge is 0.494 e. The standard InChI is InChI=1S/C23H21FN4O3/c24-14-7-5-13(6-8-14)10-12-28-22(30)18(21(29)27-23(28)31)20-19-16(9-11-25-20)15-3-1-2-4-17(15)26-19/h1-8,20,25-26,30H,9-12H2,(H,27,29,31)/p+1/t20-/m0/s1. The lowest BCUT2D eigenvalue weighted by Gasteiger charge is -2.22. The number of hydrogen-bond donors (Lipinski definition) is 4. The molecule has 0 saturated carbocycles. The summed E-state index contributed by atoms with van der Waals surface area (Å²) >= 11 is 0. The average molecular weight is 421 g/mol. The number of H-pyrrole nitrogens is 2. The van der Waals surface area contributed by atoms with Crippen molar-refractivity contribution in [3.05, 3.63) is 97.6 Å². The molecular weight excluding hydrogens is 399 g/mol. The number of hydrogen-bond acceptors (Lipinski definition) is 3. The van der Waals surface area contributed by atoms with Crippen LogP contribution in [-0.2, 0) is 19.4 Å². The maximum atomic E-state index is 13.1. The van der Waals surface area contributed by atoms with E-state index in [-0.39, 0.29) is 23.8 Å². The summed E-state index contributed by atoms with van der Waals surface area (Å²) in [5, 5.41) is 14.1. The molecule has 0 amide bonds. The number of nitrogens with two attached hydrogens (primary N) is 1. The third kappa shape index (κ3) is 3.34. The molecule has 158 valence electrons. The molecule has 7 nitrogen and oxygen atoms in total. The minimum Gasteiger partial charge on any atom is -0.494 e. The quantitative estimate of drug-likeness (QED) is 0.399. The van der Waals surface area contributed by atoms with Crippen LogP contribution in [0.25, 0.3) is 10.9 Å². The molecule has 0 aliphatic carbocycles. The summed E-state index contributed by atoms with van der Waals surface area (Å²) in [6.45, 7) is 0.916. The van der Waals surface area contributed by atoms with Crippen LogP contribution >= 0.6 is 0 Å². The van der Waals surface area contributed by atoms with E-state index in [2.05, 4.69) is 9.97 Å². The normalized spacial score (nSPS) is 15.8. The molecule has 1 aliphatic heterocycles. The van der Waals surface area contributed by atoms with Crippen LogP contribution < -0.4 is 16.6 Å². The molecule has 1 atom stereocenters. The van der Waals surface area contributed by atoms with Gasteiger partial charge >= 0.3 is 5.69 Å². The van der Waals surface area contributed by atoms with Crippen LogP contribution in [0.1, 0.15) is 28.4 Å². The van der Waals surface area contributed by atoms with E-state index < -0.39 is 17.3 Å². The lowest BCUT2D eigenvalue weighted by atomic mass is 9.95. The summed E-state index contributed by atoms with van der Waals surface area (Å²) in [6, 6.07) is 13.5. The van der Waals surface area contributed by atoms with Crippen molar-refractivity contribution in [1.82, 2.24) is 14.5 Å². The highest BCUT2D eigenvalue weighted by Crippen LogP contribution is 2.31. The number of halogens is 1. The number of aromatic hydroxyl groups is 1. The van der Waals surface area contributed by atoms with E-state index in [0.717, 1.165) is 40.7 Å². The minimum absolute atomic E-state index is 0.159. The maximum absolute atomic E-state index is 13.1. The van der Waals surface area contributed by atoms with Crippen LogP contribution in [0.4, 0.5) is 4.39 Å². The predicted molar refractivity (Wildman–Crippen MR) is 114 cm³/mol. The van der Waals surface area contributed by atoms with Gasteiger partial charge in [0.1, 0.15) is 11.4 Å². The van der Waals surface area contributed by atoms with Crippen molar-refractivity contribution in [2.24, 2.45) is 0 Å². The van der Waals surface area contributed by atoms with Crippen molar-refractivity contribution in [3.63, 3.8) is 0 Å². The van der Waals surface area contributed by atoms with Gasteiger partial charge in [0, 0.05) is 23.9 Å². The van der Waals surface area contributed by atoms with Crippen molar-refractivity contribution in [3.8, 4) is 5.88 Å². The van der Waals surface area contributed by atoms with E-state index in [4.69, 9.17) is 0 Å². The van der Waals surface area contributed by atoms with Crippen molar-refractivity contribution in [1.29, 1.82) is 0 Å². The van der Waals surface area contributed by atoms with Gasteiger partial charge in [-0.15, -0.1) is 0 Å². The first-order chi connectivity index (χ1) is 15.0. The summed E-state index contributed by atoms with van der Waals surface area (Å²) < 4.78 is 14.3. The molecule has 8 heteroatoms. The lowest BCUT2D eigenvalue weighted by molar-refractivity contribution is -0.690. The van der Waals surface area contributed by atoms with Crippen molar-refractivity contribution in [2.45, 2.75) is 25.4 Å². The van der Waals surface area contributed by atoms with Gasteiger partial charge in [0.25, 0.3) is 5.56 Å². The van der Waals surface area contributed by atoms with Gasteiger partial charge in [-0.25, -0.2) is 9.18 Å². The van der Waals surface area contributed by atoms with Crippen LogP contribution in [0.15, 0.2) is 58.1 Å². The molecule has 2 aromatic carbocycles. The molecular formula is C23H22FN4O3+. The highest BCUT2D eigenvalue weighted by atomic mass is 19.1. The molecule has 0 bridgehead atoms. The number of aryl methyl sites for hydroxylation is 1. The Morgan fingerprint density at radius 2 is 1.87 bits per heavy atom. The highest BCUT2D eigenvalue weighted by molar-refractivity contribution is 5.85. The van der Waals surface area contributed by atoms with Crippen LogP contribution in [0.2, 0.25) is 0 Å². The second-order valence-electron chi connectivity index (χ2n) is 7.84. The van der Waals surface area contributed by atoms with Gasteiger partial charge in [-0.1, -0.05) is 30.3 Å². The lowest BCUT2D eigenvalue weighted by Crippen LogP contribution is -2.87. The third-order valence-corrected chi connectivity index (χ3v) is 6.01. The van der Waals surface area contributed by atoms with Crippen molar-refractivity contribution in [2.75, 3.05) is 6.54 Å². The highest BCUT2D eigenvalue weighted by Gasteiger charge is 2.34. The Kier molecular flexibility index (Phi) is 4.71. The van der Waals surface area contributed by atoms with Crippen LogP contribution in [0.3, 0.4) is 0 Å². The Balaban J connectivity index is 1.56. The molecule has 3 heterocycles. The number of nitrogens with one attached hydrogen (secondary N) is 2. The second kappa shape index (κ2) is 7.55. The molecule has 4 aromatic rings. The number of nitrogens with zero attached hydrogens (tertiary/aromatic N) is 1. The molecule has 0 fully saturated rings. The Morgan fingerprint density at radius 1 is 1.10 bits per heavy atom. The van der Waals surface area contributed by atoms with Gasteiger partial charge in [0.15, 0.2) is 6.04 Å². The van der Waals surface area contributed by atoms with Crippen LogP contribution in [0, 0.1) is 5.82 Å². The van der Waals surface area contributed by atoms with Gasteiger partial charge in [0.2, 0.25) is 5.88 Å². The number of rotatable bonds is 4. The smallest absolute Gasteiger partial charge is 0.331 e. The number of para-hydroxylation sites is 1. The minimum atomic E-state index is -0.666. The topological polar surface area (TPSA) is 107 Å². The van der Waals surface area contributed by atoms with E-state index in [9.17, 15) is 19.1 Å². The number of quaternary nitrogens is 1. The number of benzene rings is 2. The molecule has 5 N–H and O–H groups in total. The summed E-state index contributed by atoms with van der Waals surface area (Å²) in [5.41, 5.74) is 2.71. The van der Waals surface area contributed by atoms with Gasteiger partial charge in [-0.2, -0.15) is 0 Å². The molecule has 1 aliphatic rings. The van der Waals surface area contributed by atoms with Crippen LogP contribution in [-0.4, -0.2) is 26.2 Å². The Labute approximate surface area is 176 Å². The number of fused-ring (bicyclic) bond motifs is 3. The summed E-state index contributed by atoms with van der Waals surface area (Å²) in [7, 11) is 0. The van der Waals surface area contributed by atoms with Crippen molar-refractivity contribution < 1.29 is 14.8 Å². The van der Waals surface area contributed by atoms with E-state index in [1.165, 1.54) is 16.7 Å². The maximum Gasteiger partial charge on any atom is 0.331 e. The van der Waals surface area contributed by atoms with Gasteiger partial charge in [-0.3, -0.25) is 14.3 Å². The molecule has 0 unspecified atom stereocenters. The molecule has 31 heavy (non-hydrogen) atoms. The van der Waals surface area contributed by atoms with Gasteiger partial charge < -0.3 is 15.4 Å².